The van der Waals surface area contributed by atoms with Crippen LogP contribution >= 0.6 is 0 Å². The van der Waals surface area contributed by atoms with Crippen molar-refractivity contribution in [2.45, 2.75) is 31.6 Å². The molecule has 22 heavy (non-hydrogen) atoms. The number of anilines is 1. The summed E-state index contributed by atoms with van der Waals surface area (Å²) in [7, 11) is -1.54. The second-order valence-electron chi connectivity index (χ2n) is 4.77. The fourth-order valence-electron chi connectivity index (χ4n) is 2.22. The summed E-state index contributed by atoms with van der Waals surface area (Å²) in [6.07, 6.45) is 2.74. The molecule has 9 heteroatoms. The SMILES string of the molecule is CCCN(CCC)c1c([N+](=O)[O-])cc(S(C)=O)cc1[N+](=O)[O-]. The number of benzene rings is 1. The molecule has 122 valence electrons. The van der Waals surface area contributed by atoms with Crippen LogP contribution < -0.4 is 4.90 Å². The summed E-state index contributed by atoms with van der Waals surface area (Å²) in [5, 5.41) is 22.7. The summed E-state index contributed by atoms with van der Waals surface area (Å²) < 4.78 is 11.6. The maximum atomic E-state index is 11.6. The summed E-state index contributed by atoms with van der Waals surface area (Å²) in [6, 6.07) is 2.33. The largest absolute Gasteiger partial charge is 0.360 e. The quantitative estimate of drug-likeness (QED) is 0.536. The van der Waals surface area contributed by atoms with Gasteiger partial charge in [-0.2, -0.15) is 0 Å². The minimum absolute atomic E-state index is 0.00657. The van der Waals surface area contributed by atoms with Crippen LogP contribution in [0.3, 0.4) is 0 Å². The van der Waals surface area contributed by atoms with Crippen molar-refractivity contribution in [1.29, 1.82) is 0 Å². The third-order valence-corrected chi connectivity index (χ3v) is 3.97. The third kappa shape index (κ3) is 4.00. The van der Waals surface area contributed by atoms with Gasteiger partial charge in [0, 0.05) is 31.5 Å². The molecule has 0 saturated carbocycles. The molecular formula is C13H19N3O5S. The molecule has 0 aliphatic rings. The van der Waals surface area contributed by atoms with Gasteiger partial charge in [-0.05, 0) is 12.8 Å². The fourth-order valence-corrected chi connectivity index (χ4v) is 2.78. The molecule has 0 aliphatic heterocycles. The van der Waals surface area contributed by atoms with E-state index in [1.54, 1.807) is 4.90 Å². The number of nitro groups is 2. The van der Waals surface area contributed by atoms with E-state index in [0.29, 0.717) is 25.9 Å². The van der Waals surface area contributed by atoms with E-state index in [9.17, 15) is 24.4 Å². The van der Waals surface area contributed by atoms with Gasteiger partial charge in [-0.3, -0.25) is 24.4 Å². The Balaban J connectivity index is 3.66. The molecule has 0 bridgehead atoms. The van der Waals surface area contributed by atoms with E-state index < -0.39 is 20.6 Å². The van der Waals surface area contributed by atoms with Crippen molar-refractivity contribution < 1.29 is 14.1 Å². The molecule has 0 N–H and O–H groups in total. The van der Waals surface area contributed by atoms with Crippen LogP contribution in [-0.2, 0) is 10.8 Å². The number of nitro benzene ring substituents is 2. The normalized spacial score (nSPS) is 12.0. The molecule has 0 aliphatic carbocycles. The summed E-state index contributed by atoms with van der Waals surface area (Å²) >= 11 is 0. The van der Waals surface area contributed by atoms with E-state index >= 15 is 0 Å². The summed E-state index contributed by atoms with van der Waals surface area (Å²) in [6.45, 7) is 4.75. The third-order valence-electron chi connectivity index (χ3n) is 3.07. The molecule has 1 aromatic rings. The predicted octanol–water partition coefficient (Wildman–Crippen LogP) is 2.87. The lowest BCUT2D eigenvalue weighted by Gasteiger charge is -2.23. The van der Waals surface area contributed by atoms with Crippen LogP contribution in [0.15, 0.2) is 17.0 Å². The van der Waals surface area contributed by atoms with Crippen LogP contribution in [0, 0.1) is 20.2 Å². The Kier molecular flexibility index (Phi) is 6.41. The lowest BCUT2D eigenvalue weighted by molar-refractivity contribution is -0.393. The van der Waals surface area contributed by atoms with E-state index in [4.69, 9.17) is 0 Å². The van der Waals surface area contributed by atoms with Gasteiger partial charge in [0.15, 0.2) is 5.69 Å². The van der Waals surface area contributed by atoms with Crippen molar-refractivity contribution in [3.63, 3.8) is 0 Å². The van der Waals surface area contributed by atoms with Crippen LogP contribution in [0.5, 0.6) is 0 Å². The van der Waals surface area contributed by atoms with E-state index in [1.807, 2.05) is 13.8 Å². The molecule has 1 unspecified atom stereocenters. The van der Waals surface area contributed by atoms with Crippen LogP contribution in [-0.4, -0.2) is 33.4 Å². The monoisotopic (exact) mass is 329 g/mol. The molecule has 0 aromatic heterocycles. The van der Waals surface area contributed by atoms with Gasteiger partial charge in [-0.25, -0.2) is 0 Å². The Hall–Kier alpha value is -2.03. The minimum Gasteiger partial charge on any atom is -0.360 e. The second kappa shape index (κ2) is 7.83. The van der Waals surface area contributed by atoms with Gasteiger partial charge in [0.1, 0.15) is 0 Å². The van der Waals surface area contributed by atoms with Gasteiger partial charge < -0.3 is 4.90 Å². The van der Waals surface area contributed by atoms with Crippen molar-refractivity contribution >= 4 is 27.9 Å². The van der Waals surface area contributed by atoms with E-state index in [0.717, 1.165) is 12.1 Å². The zero-order chi connectivity index (χ0) is 16.9. The molecule has 0 radical (unpaired) electrons. The zero-order valence-corrected chi connectivity index (χ0v) is 13.6. The highest BCUT2D eigenvalue weighted by Gasteiger charge is 2.31. The Morgan fingerprint density at radius 2 is 1.45 bits per heavy atom. The molecule has 0 amide bonds. The van der Waals surface area contributed by atoms with E-state index in [2.05, 4.69) is 0 Å². The van der Waals surface area contributed by atoms with Gasteiger partial charge >= 0.3 is 11.4 Å². The summed E-state index contributed by atoms with van der Waals surface area (Å²) in [5.41, 5.74) is -0.754. The van der Waals surface area contributed by atoms with Gasteiger partial charge in [0.2, 0.25) is 0 Å². The molecule has 0 saturated heterocycles. The first-order valence-electron chi connectivity index (χ1n) is 6.88. The fraction of sp³-hybridized carbons (Fsp3) is 0.538. The molecule has 0 spiro atoms. The van der Waals surface area contributed by atoms with Crippen molar-refractivity contribution in [1.82, 2.24) is 0 Å². The molecule has 0 fully saturated rings. The van der Waals surface area contributed by atoms with Gasteiger partial charge in [0.05, 0.1) is 25.5 Å². The first kappa shape index (κ1) is 18.0. The second-order valence-corrected chi connectivity index (χ2v) is 6.15. The Morgan fingerprint density at radius 1 is 1.05 bits per heavy atom. The lowest BCUT2D eigenvalue weighted by atomic mass is 10.2. The van der Waals surface area contributed by atoms with Crippen LogP contribution in [0.4, 0.5) is 17.1 Å². The average molecular weight is 329 g/mol. The minimum atomic E-state index is -1.54. The van der Waals surface area contributed by atoms with Gasteiger partial charge in [0.25, 0.3) is 0 Å². The smallest absolute Gasteiger partial charge is 0.300 e. The lowest BCUT2D eigenvalue weighted by Crippen LogP contribution is -2.26. The Morgan fingerprint density at radius 3 is 1.73 bits per heavy atom. The molecule has 1 atom stereocenters. The number of hydrogen-bond acceptors (Lipinski definition) is 6. The molecule has 1 rings (SSSR count). The highest BCUT2D eigenvalue weighted by atomic mass is 32.2. The van der Waals surface area contributed by atoms with Crippen LogP contribution in [0.2, 0.25) is 0 Å². The molecule has 8 nitrogen and oxygen atoms in total. The average Bonchev–Trinajstić information content (AvgIpc) is 2.45. The van der Waals surface area contributed by atoms with Crippen molar-refractivity contribution in [3.8, 4) is 0 Å². The van der Waals surface area contributed by atoms with Crippen molar-refractivity contribution in [2.75, 3.05) is 24.2 Å². The maximum absolute atomic E-state index is 11.6. The van der Waals surface area contributed by atoms with Crippen LogP contribution in [0.25, 0.3) is 0 Å². The molecular weight excluding hydrogens is 310 g/mol. The summed E-state index contributed by atoms with van der Waals surface area (Å²) in [5.74, 6) is 0. The molecule has 1 aromatic carbocycles. The standard InChI is InChI=1S/C13H19N3O5S/c1-4-6-14(7-5-2)13-11(15(17)18)8-10(22(3)21)9-12(13)16(19)20/h8-9H,4-7H2,1-3H3. The first-order valence-corrected chi connectivity index (χ1v) is 8.44. The van der Waals surface area contributed by atoms with Crippen molar-refractivity contribution in [3.05, 3.63) is 32.4 Å². The highest BCUT2D eigenvalue weighted by Crippen LogP contribution is 2.39. The number of nitrogens with zero attached hydrogens (tertiary/aromatic N) is 3. The molecule has 0 heterocycles. The Bertz CT molecular complexity index is 564. The van der Waals surface area contributed by atoms with Gasteiger partial charge in [-0.1, -0.05) is 13.8 Å². The Labute approximate surface area is 130 Å². The first-order chi connectivity index (χ1) is 10.3. The van der Waals surface area contributed by atoms with E-state index in [1.165, 1.54) is 6.26 Å². The summed E-state index contributed by atoms with van der Waals surface area (Å²) in [4.78, 5) is 23.1. The van der Waals surface area contributed by atoms with Crippen molar-refractivity contribution in [2.24, 2.45) is 0 Å². The van der Waals surface area contributed by atoms with E-state index in [-0.39, 0.29) is 22.0 Å². The number of rotatable bonds is 8. The zero-order valence-electron chi connectivity index (χ0n) is 12.8. The predicted molar refractivity (Wildman–Crippen MR) is 84.9 cm³/mol. The van der Waals surface area contributed by atoms with Crippen LogP contribution in [0.1, 0.15) is 26.7 Å². The van der Waals surface area contributed by atoms with Gasteiger partial charge in [-0.15, -0.1) is 0 Å². The maximum Gasteiger partial charge on any atom is 0.300 e. The number of hydrogen-bond donors (Lipinski definition) is 0. The highest BCUT2D eigenvalue weighted by molar-refractivity contribution is 7.84. The topological polar surface area (TPSA) is 107 Å².